The molecule has 1 fully saturated rings. The molecule has 1 amide bonds. The SMILES string of the molecule is C[C@H](Sc1nncs1)C(=O)Nc1ccc(CN2CCCC[C@@H]2C)cc1. The van der Waals surface area contributed by atoms with Crippen LogP contribution >= 0.6 is 23.1 Å². The van der Waals surface area contributed by atoms with Crippen LogP contribution in [0.2, 0.25) is 0 Å². The van der Waals surface area contributed by atoms with Gasteiger partial charge >= 0.3 is 0 Å². The molecule has 1 saturated heterocycles. The molecule has 3 rings (SSSR count). The number of hydrogen-bond donors (Lipinski definition) is 1. The number of hydrogen-bond acceptors (Lipinski definition) is 6. The molecule has 134 valence electrons. The first-order chi connectivity index (χ1) is 12.1. The minimum absolute atomic E-state index is 0.0161. The van der Waals surface area contributed by atoms with E-state index in [0.29, 0.717) is 6.04 Å². The molecule has 1 aliphatic rings. The van der Waals surface area contributed by atoms with Crippen molar-refractivity contribution in [2.24, 2.45) is 0 Å². The number of aromatic nitrogens is 2. The fourth-order valence-electron chi connectivity index (χ4n) is 2.98. The molecule has 1 aromatic carbocycles. The molecule has 5 nitrogen and oxygen atoms in total. The van der Waals surface area contributed by atoms with Crippen molar-refractivity contribution < 1.29 is 4.79 Å². The highest BCUT2D eigenvalue weighted by Crippen LogP contribution is 2.25. The predicted octanol–water partition coefficient (Wildman–Crippen LogP) is 4.03. The van der Waals surface area contributed by atoms with Crippen LogP contribution in [0.3, 0.4) is 0 Å². The maximum absolute atomic E-state index is 12.3. The minimum Gasteiger partial charge on any atom is -0.325 e. The van der Waals surface area contributed by atoms with Gasteiger partial charge in [-0.3, -0.25) is 9.69 Å². The second-order valence-electron chi connectivity index (χ2n) is 6.47. The van der Waals surface area contributed by atoms with Crippen molar-refractivity contribution in [3.63, 3.8) is 0 Å². The van der Waals surface area contributed by atoms with Gasteiger partial charge in [0.2, 0.25) is 5.91 Å². The van der Waals surface area contributed by atoms with E-state index in [0.717, 1.165) is 16.6 Å². The molecule has 0 spiro atoms. The van der Waals surface area contributed by atoms with Crippen molar-refractivity contribution in [3.05, 3.63) is 35.3 Å². The molecule has 7 heteroatoms. The van der Waals surface area contributed by atoms with Crippen LogP contribution in [0.4, 0.5) is 5.69 Å². The van der Waals surface area contributed by atoms with Crippen molar-refractivity contribution in [2.75, 3.05) is 11.9 Å². The zero-order valence-electron chi connectivity index (χ0n) is 14.6. The summed E-state index contributed by atoms with van der Waals surface area (Å²) in [7, 11) is 0. The van der Waals surface area contributed by atoms with Crippen molar-refractivity contribution in [2.45, 2.75) is 55.3 Å². The van der Waals surface area contributed by atoms with Gasteiger partial charge in [0.15, 0.2) is 4.34 Å². The summed E-state index contributed by atoms with van der Waals surface area (Å²) in [5.74, 6) is -0.0161. The van der Waals surface area contributed by atoms with Crippen LogP contribution in [-0.4, -0.2) is 38.8 Å². The molecule has 2 atom stereocenters. The zero-order valence-corrected chi connectivity index (χ0v) is 16.3. The van der Waals surface area contributed by atoms with Crippen LogP contribution in [-0.2, 0) is 11.3 Å². The largest absolute Gasteiger partial charge is 0.325 e. The fourth-order valence-corrected chi connectivity index (χ4v) is 4.61. The van der Waals surface area contributed by atoms with Crippen LogP contribution in [0.5, 0.6) is 0 Å². The number of nitrogens with one attached hydrogen (secondary N) is 1. The Hall–Kier alpha value is -1.44. The van der Waals surface area contributed by atoms with Gasteiger partial charge in [0.25, 0.3) is 0 Å². The summed E-state index contributed by atoms with van der Waals surface area (Å²) in [6.45, 7) is 6.36. The highest BCUT2D eigenvalue weighted by atomic mass is 32.2. The lowest BCUT2D eigenvalue weighted by Gasteiger charge is -2.33. The lowest BCUT2D eigenvalue weighted by molar-refractivity contribution is -0.115. The molecule has 2 aromatic rings. The molecule has 0 bridgehead atoms. The molecule has 0 saturated carbocycles. The van der Waals surface area contributed by atoms with Gasteiger partial charge in [-0.05, 0) is 50.9 Å². The van der Waals surface area contributed by atoms with Gasteiger partial charge in [-0.1, -0.05) is 41.7 Å². The number of thioether (sulfide) groups is 1. The summed E-state index contributed by atoms with van der Waals surface area (Å²) in [5.41, 5.74) is 3.81. The van der Waals surface area contributed by atoms with Crippen molar-refractivity contribution in [1.29, 1.82) is 0 Å². The van der Waals surface area contributed by atoms with E-state index in [4.69, 9.17) is 0 Å². The smallest absolute Gasteiger partial charge is 0.237 e. The average molecular weight is 377 g/mol. The standard InChI is InChI=1S/C18H24N4OS2/c1-13-5-3-4-10-22(13)11-15-6-8-16(9-7-15)20-17(23)14(2)25-18-21-19-12-24-18/h6-9,12-14H,3-5,10-11H2,1-2H3,(H,20,23)/t13-,14-/m0/s1. The Morgan fingerprint density at radius 2 is 2.20 bits per heavy atom. The Morgan fingerprint density at radius 1 is 1.40 bits per heavy atom. The zero-order chi connectivity index (χ0) is 17.6. The third-order valence-corrected chi connectivity index (χ3v) is 6.45. The number of anilines is 1. The number of piperidine rings is 1. The van der Waals surface area contributed by atoms with Crippen molar-refractivity contribution in [3.8, 4) is 0 Å². The van der Waals surface area contributed by atoms with Crippen LogP contribution in [0, 0.1) is 0 Å². The molecule has 25 heavy (non-hydrogen) atoms. The van der Waals surface area contributed by atoms with E-state index in [-0.39, 0.29) is 11.2 Å². The summed E-state index contributed by atoms with van der Waals surface area (Å²) >= 11 is 2.88. The topological polar surface area (TPSA) is 58.1 Å². The third kappa shape index (κ3) is 5.26. The van der Waals surface area contributed by atoms with Gasteiger partial charge in [0, 0.05) is 18.3 Å². The van der Waals surface area contributed by atoms with Crippen LogP contribution in [0.1, 0.15) is 38.7 Å². The predicted molar refractivity (Wildman–Crippen MR) is 104 cm³/mol. The monoisotopic (exact) mass is 376 g/mol. The summed E-state index contributed by atoms with van der Waals surface area (Å²) in [5, 5.41) is 10.5. The third-order valence-electron chi connectivity index (χ3n) is 4.53. The van der Waals surface area contributed by atoms with E-state index < -0.39 is 0 Å². The number of likely N-dealkylation sites (tertiary alicyclic amines) is 1. The summed E-state index contributed by atoms with van der Waals surface area (Å²) < 4.78 is 0.814. The number of benzene rings is 1. The average Bonchev–Trinajstić information content (AvgIpc) is 3.11. The highest BCUT2D eigenvalue weighted by Gasteiger charge is 2.18. The first-order valence-electron chi connectivity index (χ1n) is 8.68. The summed E-state index contributed by atoms with van der Waals surface area (Å²) in [4.78, 5) is 14.8. The number of nitrogens with zero attached hydrogens (tertiary/aromatic N) is 3. The Labute approximate surface area is 157 Å². The van der Waals surface area contributed by atoms with Crippen LogP contribution in [0.25, 0.3) is 0 Å². The molecule has 1 aromatic heterocycles. The van der Waals surface area contributed by atoms with Crippen molar-refractivity contribution >= 4 is 34.7 Å². The van der Waals surface area contributed by atoms with Gasteiger partial charge in [-0.2, -0.15) is 0 Å². The maximum Gasteiger partial charge on any atom is 0.237 e. The summed E-state index contributed by atoms with van der Waals surface area (Å²) in [6.07, 6.45) is 3.93. The second kappa shape index (κ2) is 8.78. The van der Waals surface area contributed by atoms with Crippen molar-refractivity contribution in [1.82, 2.24) is 15.1 Å². The second-order valence-corrected chi connectivity index (χ2v) is 8.89. The summed E-state index contributed by atoms with van der Waals surface area (Å²) in [6, 6.07) is 8.86. The Balaban J connectivity index is 1.52. The Morgan fingerprint density at radius 3 is 2.88 bits per heavy atom. The van der Waals surface area contributed by atoms with Gasteiger partial charge in [-0.15, -0.1) is 10.2 Å². The highest BCUT2D eigenvalue weighted by molar-refractivity contribution is 8.02. The molecule has 1 aliphatic heterocycles. The van der Waals surface area contributed by atoms with Gasteiger partial charge in [-0.25, -0.2) is 0 Å². The van der Waals surface area contributed by atoms with E-state index in [1.165, 1.54) is 54.5 Å². The van der Waals surface area contributed by atoms with Gasteiger partial charge < -0.3 is 5.32 Å². The normalized spacial score (nSPS) is 19.5. The minimum atomic E-state index is -0.207. The number of amides is 1. The first-order valence-corrected chi connectivity index (χ1v) is 10.4. The number of carbonyl (C=O) groups is 1. The van der Waals surface area contributed by atoms with E-state index in [1.54, 1.807) is 5.51 Å². The van der Waals surface area contributed by atoms with Crippen LogP contribution in [0.15, 0.2) is 34.1 Å². The first kappa shape index (κ1) is 18.4. The lowest BCUT2D eigenvalue weighted by atomic mass is 10.0. The van der Waals surface area contributed by atoms with E-state index >= 15 is 0 Å². The van der Waals surface area contributed by atoms with E-state index in [1.807, 2.05) is 19.1 Å². The van der Waals surface area contributed by atoms with Gasteiger partial charge in [0.1, 0.15) is 5.51 Å². The van der Waals surface area contributed by atoms with E-state index in [2.05, 4.69) is 39.5 Å². The molecule has 2 heterocycles. The fraction of sp³-hybridized carbons (Fsp3) is 0.500. The molecule has 0 radical (unpaired) electrons. The molecular weight excluding hydrogens is 352 g/mol. The number of carbonyl (C=O) groups excluding carboxylic acids is 1. The quantitative estimate of drug-likeness (QED) is 0.771. The van der Waals surface area contributed by atoms with E-state index in [9.17, 15) is 4.79 Å². The molecule has 0 unspecified atom stereocenters. The number of rotatable bonds is 6. The van der Waals surface area contributed by atoms with Gasteiger partial charge in [0.05, 0.1) is 5.25 Å². The molecular formula is C18H24N4OS2. The molecule has 0 aliphatic carbocycles. The van der Waals surface area contributed by atoms with Crippen LogP contribution < -0.4 is 5.32 Å². The molecule has 1 N–H and O–H groups in total. The Kier molecular flexibility index (Phi) is 6.45. The Bertz CT molecular complexity index is 675. The lowest BCUT2D eigenvalue weighted by Crippen LogP contribution is -2.36. The maximum atomic E-state index is 12.3.